The van der Waals surface area contributed by atoms with Crippen molar-refractivity contribution in [2.24, 2.45) is 0 Å². The summed E-state index contributed by atoms with van der Waals surface area (Å²) in [6.07, 6.45) is 2.42. The van der Waals surface area contributed by atoms with Crippen molar-refractivity contribution in [3.8, 4) is 5.88 Å². The van der Waals surface area contributed by atoms with Crippen molar-refractivity contribution in [2.45, 2.75) is 51.7 Å². The number of aromatic nitrogens is 2. The Labute approximate surface area is 152 Å². The van der Waals surface area contributed by atoms with Gasteiger partial charge < -0.3 is 9.84 Å². The first kappa shape index (κ1) is 18.0. The Morgan fingerprint density at radius 2 is 2.16 bits per heavy atom. The molecular weight excluding hydrogens is 336 g/mol. The lowest BCUT2D eigenvalue weighted by atomic mass is 9.90. The van der Waals surface area contributed by atoms with Gasteiger partial charge in [0.2, 0.25) is 5.88 Å². The van der Waals surface area contributed by atoms with Crippen LogP contribution in [0.3, 0.4) is 0 Å². The number of ketones is 1. The number of ether oxygens (including phenoxy) is 1. The average molecular weight is 360 g/mol. The highest BCUT2D eigenvalue weighted by Crippen LogP contribution is 2.43. The lowest BCUT2D eigenvalue weighted by molar-refractivity contribution is 0.0570. The molecular formula is C19H24N2O3S. The maximum atomic E-state index is 13.1. The number of benzene rings is 1. The van der Waals surface area contributed by atoms with Crippen LogP contribution in [-0.2, 0) is 11.3 Å². The molecule has 25 heavy (non-hydrogen) atoms. The number of hydrogen-bond acceptors (Lipinski definition) is 5. The molecule has 6 heteroatoms. The fraction of sp³-hybridized carbons (Fsp3) is 0.474. The van der Waals surface area contributed by atoms with Crippen LogP contribution in [0.2, 0.25) is 0 Å². The molecule has 0 radical (unpaired) electrons. The maximum Gasteiger partial charge on any atom is 0.220 e. The largest absolute Gasteiger partial charge is 0.493 e. The van der Waals surface area contributed by atoms with Crippen LogP contribution in [0.5, 0.6) is 5.88 Å². The van der Waals surface area contributed by atoms with E-state index in [-0.39, 0.29) is 23.3 Å². The molecule has 0 fully saturated rings. The minimum atomic E-state index is -0.188. The van der Waals surface area contributed by atoms with Gasteiger partial charge in [0.1, 0.15) is 5.56 Å². The van der Waals surface area contributed by atoms with E-state index in [0.717, 1.165) is 28.9 Å². The average Bonchev–Trinajstić information content (AvgIpc) is 2.98. The van der Waals surface area contributed by atoms with Crippen LogP contribution in [0.1, 0.15) is 59.0 Å². The number of aromatic hydroxyl groups is 1. The first-order chi connectivity index (χ1) is 12.0. The Bertz CT molecular complexity index is 813. The number of fused-ring (bicyclic) bond motifs is 1. The summed E-state index contributed by atoms with van der Waals surface area (Å²) in [4.78, 5) is 14.3. The fourth-order valence-electron chi connectivity index (χ4n) is 3.43. The van der Waals surface area contributed by atoms with E-state index in [4.69, 9.17) is 4.74 Å². The number of carbonyl (C=O) groups excluding carboxylic acids is 1. The number of hydrogen-bond donors (Lipinski definition) is 1. The second-order valence-corrected chi connectivity index (χ2v) is 7.32. The zero-order chi connectivity index (χ0) is 18.1. The molecule has 5 nitrogen and oxygen atoms in total. The highest BCUT2D eigenvalue weighted by atomic mass is 32.2. The van der Waals surface area contributed by atoms with E-state index in [1.165, 1.54) is 15.8 Å². The molecule has 1 unspecified atom stereocenters. The Kier molecular flexibility index (Phi) is 5.20. The van der Waals surface area contributed by atoms with Crippen molar-refractivity contribution < 1.29 is 14.6 Å². The molecule has 3 rings (SSSR count). The zero-order valence-corrected chi connectivity index (χ0v) is 15.9. The third-order valence-corrected chi connectivity index (χ3v) is 5.96. The van der Waals surface area contributed by atoms with Gasteiger partial charge in [0.05, 0.1) is 12.3 Å². The summed E-state index contributed by atoms with van der Waals surface area (Å²) in [5, 5.41) is 14.3. The lowest BCUT2D eigenvalue weighted by Crippen LogP contribution is -2.17. The van der Waals surface area contributed by atoms with Gasteiger partial charge in [0.15, 0.2) is 5.78 Å². The van der Waals surface area contributed by atoms with Gasteiger partial charge in [0.25, 0.3) is 0 Å². The van der Waals surface area contributed by atoms with E-state index in [1.807, 2.05) is 45.5 Å². The summed E-state index contributed by atoms with van der Waals surface area (Å²) in [6.45, 7) is 9.05. The second kappa shape index (κ2) is 7.22. The zero-order valence-electron chi connectivity index (χ0n) is 15.1. The molecule has 134 valence electrons. The van der Waals surface area contributed by atoms with Crippen LogP contribution < -0.4 is 0 Å². The minimum Gasteiger partial charge on any atom is -0.493 e. The third kappa shape index (κ3) is 3.09. The maximum absolute atomic E-state index is 13.1. The molecule has 0 amide bonds. The van der Waals surface area contributed by atoms with E-state index in [0.29, 0.717) is 18.7 Å². The van der Waals surface area contributed by atoms with Gasteiger partial charge in [-0.05, 0) is 56.9 Å². The molecule has 0 saturated heterocycles. The summed E-state index contributed by atoms with van der Waals surface area (Å²) < 4.78 is 7.36. The highest BCUT2D eigenvalue weighted by molar-refractivity contribution is 7.99. The number of rotatable bonds is 5. The van der Waals surface area contributed by atoms with Crippen LogP contribution in [-0.4, -0.2) is 33.0 Å². The lowest BCUT2D eigenvalue weighted by Gasteiger charge is -2.29. The molecule has 1 N–H and O–H groups in total. The van der Waals surface area contributed by atoms with Gasteiger partial charge in [0, 0.05) is 29.4 Å². The fourth-order valence-corrected chi connectivity index (χ4v) is 4.69. The Balaban J connectivity index is 2.11. The standard InChI is InChI=1S/C19H24N2O3S/c1-5-21-19(23)14(10-20-21)17(22)13-9-11(3)18-16(12(13)4)15(24-6-2)7-8-25-18/h9-10,15,23H,5-8H2,1-4H3. The summed E-state index contributed by atoms with van der Waals surface area (Å²) in [6, 6.07) is 1.93. The van der Waals surface area contributed by atoms with Gasteiger partial charge in [-0.3, -0.25) is 4.79 Å². The summed E-state index contributed by atoms with van der Waals surface area (Å²) in [5.74, 6) is 0.763. The van der Waals surface area contributed by atoms with E-state index < -0.39 is 0 Å². The Morgan fingerprint density at radius 1 is 1.40 bits per heavy atom. The third-order valence-electron chi connectivity index (χ3n) is 4.69. The van der Waals surface area contributed by atoms with E-state index in [1.54, 1.807) is 0 Å². The summed E-state index contributed by atoms with van der Waals surface area (Å²) in [7, 11) is 0. The molecule has 2 aromatic rings. The summed E-state index contributed by atoms with van der Waals surface area (Å²) in [5.41, 5.74) is 4.03. The van der Waals surface area contributed by atoms with Gasteiger partial charge in [-0.2, -0.15) is 5.10 Å². The normalized spacial score (nSPS) is 16.7. The van der Waals surface area contributed by atoms with Gasteiger partial charge in [-0.15, -0.1) is 11.8 Å². The SMILES string of the molecule is CCOC1CCSc2c(C)cc(C(=O)c3cnn(CC)c3O)c(C)c21. The smallest absolute Gasteiger partial charge is 0.220 e. The topological polar surface area (TPSA) is 64.3 Å². The Hall–Kier alpha value is -1.79. The van der Waals surface area contributed by atoms with Crippen LogP contribution in [0.15, 0.2) is 17.2 Å². The van der Waals surface area contributed by atoms with Gasteiger partial charge in [-0.25, -0.2) is 4.68 Å². The quantitative estimate of drug-likeness (QED) is 0.816. The molecule has 1 aromatic carbocycles. The molecule has 0 spiro atoms. The molecule has 1 aliphatic rings. The summed E-state index contributed by atoms with van der Waals surface area (Å²) >= 11 is 1.83. The predicted molar refractivity (Wildman–Crippen MR) is 98.6 cm³/mol. The predicted octanol–water partition coefficient (Wildman–Crippen LogP) is 4.03. The van der Waals surface area contributed by atoms with E-state index >= 15 is 0 Å². The number of carbonyl (C=O) groups is 1. The van der Waals surface area contributed by atoms with Crippen molar-refractivity contribution in [1.82, 2.24) is 9.78 Å². The molecule has 0 aliphatic carbocycles. The van der Waals surface area contributed by atoms with Crippen molar-refractivity contribution >= 4 is 17.5 Å². The molecule has 0 saturated carbocycles. The minimum absolute atomic E-state index is 0.0275. The molecule has 2 heterocycles. The van der Waals surface area contributed by atoms with Gasteiger partial charge >= 0.3 is 0 Å². The monoisotopic (exact) mass is 360 g/mol. The molecule has 1 aromatic heterocycles. The van der Waals surface area contributed by atoms with E-state index in [9.17, 15) is 9.90 Å². The molecule has 0 bridgehead atoms. The van der Waals surface area contributed by atoms with Crippen LogP contribution >= 0.6 is 11.8 Å². The van der Waals surface area contributed by atoms with Crippen molar-refractivity contribution in [1.29, 1.82) is 0 Å². The Morgan fingerprint density at radius 3 is 2.80 bits per heavy atom. The molecule has 1 aliphatic heterocycles. The number of aryl methyl sites for hydroxylation is 2. The van der Waals surface area contributed by atoms with Crippen molar-refractivity contribution in [2.75, 3.05) is 12.4 Å². The van der Waals surface area contributed by atoms with Crippen molar-refractivity contribution in [3.05, 3.63) is 40.1 Å². The second-order valence-electron chi connectivity index (χ2n) is 6.22. The van der Waals surface area contributed by atoms with E-state index in [2.05, 4.69) is 5.10 Å². The van der Waals surface area contributed by atoms with Crippen LogP contribution in [0.4, 0.5) is 0 Å². The first-order valence-electron chi connectivity index (χ1n) is 8.67. The number of thioether (sulfide) groups is 1. The molecule has 1 atom stereocenters. The van der Waals surface area contributed by atoms with Crippen LogP contribution in [0, 0.1) is 13.8 Å². The van der Waals surface area contributed by atoms with Crippen LogP contribution in [0.25, 0.3) is 0 Å². The highest BCUT2D eigenvalue weighted by Gasteiger charge is 2.29. The first-order valence-corrected chi connectivity index (χ1v) is 9.66. The number of nitrogens with zero attached hydrogens (tertiary/aromatic N) is 2. The van der Waals surface area contributed by atoms with Gasteiger partial charge in [-0.1, -0.05) is 0 Å². The van der Waals surface area contributed by atoms with Crippen molar-refractivity contribution in [3.63, 3.8) is 0 Å².